The van der Waals surface area contributed by atoms with Gasteiger partial charge >= 0.3 is 0 Å². The highest BCUT2D eigenvalue weighted by atomic mass is 32.2. The molecule has 1 aliphatic heterocycles. The third-order valence-electron chi connectivity index (χ3n) is 3.36. The lowest BCUT2D eigenvalue weighted by molar-refractivity contribution is -0.385. The number of pyridine rings is 1. The van der Waals surface area contributed by atoms with Gasteiger partial charge < -0.3 is 9.80 Å². The summed E-state index contributed by atoms with van der Waals surface area (Å²) in [5, 5.41) is 10.6. The van der Waals surface area contributed by atoms with Crippen molar-refractivity contribution < 1.29 is 9.72 Å². The van der Waals surface area contributed by atoms with Gasteiger partial charge in [0.15, 0.2) is 0 Å². The minimum Gasteiger partial charge on any atom is -0.353 e. The maximum atomic E-state index is 12.0. The summed E-state index contributed by atoms with van der Waals surface area (Å²) in [5.41, 5.74) is -0.0168. The Labute approximate surface area is 133 Å². The fourth-order valence-corrected chi connectivity index (χ4v) is 2.82. The lowest BCUT2D eigenvalue weighted by atomic mass is 10.3. The van der Waals surface area contributed by atoms with Crippen LogP contribution in [0, 0.1) is 10.1 Å². The number of hydrogen-bond acceptors (Lipinski definition) is 6. The fraction of sp³-hybridized carbons (Fsp3) is 0.429. The molecule has 0 atom stereocenters. The number of nitro groups is 1. The topological polar surface area (TPSA) is 79.6 Å². The molecule has 0 unspecified atom stereocenters. The summed E-state index contributed by atoms with van der Waals surface area (Å²) in [6.45, 7) is 6.29. The van der Waals surface area contributed by atoms with Gasteiger partial charge in [-0.2, -0.15) is 0 Å². The van der Waals surface area contributed by atoms with Crippen molar-refractivity contribution in [3.63, 3.8) is 0 Å². The zero-order valence-electron chi connectivity index (χ0n) is 12.2. The van der Waals surface area contributed by atoms with Gasteiger partial charge in [-0.25, -0.2) is 4.98 Å². The molecule has 7 nitrogen and oxygen atoms in total. The third-order valence-corrected chi connectivity index (χ3v) is 4.28. The van der Waals surface area contributed by atoms with E-state index in [0.717, 1.165) is 5.75 Å². The van der Waals surface area contributed by atoms with Crippen molar-refractivity contribution in [1.82, 2.24) is 9.88 Å². The van der Waals surface area contributed by atoms with Gasteiger partial charge in [0.1, 0.15) is 12.0 Å². The SMILES string of the molecule is C=CCSCC(=O)N1CCN(c2ccc([N+](=O)[O-])cn2)CC1. The van der Waals surface area contributed by atoms with Crippen molar-refractivity contribution in [2.24, 2.45) is 0 Å². The van der Waals surface area contributed by atoms with Gasteiger partial charge in [0, 0.05) is 38.0 Å². The van der Waals surface area contributed by atoms with Gasteiger partial charge in [0.25, 0.3) is 5.69 Å². The lowest BCUT2D eigenvalue weighted by Gasteiger charge is -2.35. The molecule has 1 aliphatic rings. The highest BCUT2D eigenvalue weighted by molar-refractivity contribution is 8.00. The number of piperazine rings is 1. The molecule has 0 aliphatic carbocycles. The summed E-state index contributed by atoms with van der Waals surface area (Å²) >= 11 is 1.56. The van der Waals surface area contributed by atoms with Crippen molar-refractivity contribution in [2.75, 3.05) is 42.6 Å². The van der Waals surface area contributed by atoms with Crippen LogP contribution in [-0.4, -0.2) is 58.4 Å². The Hall–Kier alpha value is -2.09. The summed E-state index contributed by atoms with van der Waals surface area (Å²) in [6.07, 6.45) is 3.05. The van der Waals surface area contributed by atoms with Crippen LogP contribution in [0.25, 0.3) is 0 Å². The molecular weight excluding hydrogens is 304 g/mol. The van der Waals surface area contributed by atoms with E-state index in [2.05, 4.69) is 11.6 Å². The molecule has 0 N–H and O–H groups in total. The Morgan fingerprint density at radius 2 is 2.14 bits per heavy atom. The number of carbonyl (C=O) groups excluding carboxylic acids is 1. The molecule has 8 heteroatoms. The Balaban J connectivity index is 1.85. The monoisotopic (exact) mass is 322 g/mol. The van der Waals surface area contributed by atoms with E-state index in [9.17, 15) is 14.9 Å². The molecule has 1 fully saturated rings. The van der Waals surface area contributed by atoms with Gasteiger partial charge in [-0.1, -0.05) is 6.08 Å². The molecule has 1 amide bonds. The van der Waals surface area contributed by atoms with E-state index in [1.807, 2.05) is 9.80 Å². The summed E-state index contributed by atoms with van der Waals surface area (Å²) in [4.78, 5) is 30.1. The number of carbonyl (C=O) groups is 1. The molecular formula is C14H18N4O3S. The predicted octanol–water partition coefficient (Wildman–Crippen LogP) is 1.56. The quantitative estimate of drug-likeness (QED) is 0.342. The van der Waals surface area contributed by atoms with Crippen molar-refractivity contribution in [1.29, 1.82) is 0 Å². The van der Waals surface area contributed by atoms with E-state index in [1.54, 1.807) is 23.9 Å². The van der Waals surface area contributed by atoms with Crippen LogP contribution in [0.4, 0.5) is 11.5 Å². The molecule has 1 saturated heterocycles. The molecule has 118 valence electrons. The molecule has 1 aromatic heterocycles. The maximum Gasteiger partial charge on any atom is 0.287 e. The molecule has 0 aromatic carbocycles. The molecule has 2 rings (SSSR count). The zero-order chi connectivity index (χ0) is 15.9. The van der Waals surface area contributed by atoms with E-state index in [-0.39, 0.29) is 11.6 Å². The highest BCUT2D eigenvalue weighted by Crippen LogP contribution is 2.17. The first-order valence-corrected chi connectivity index (χ1v) is 8.09. The highest BCUT2D eigenvalue weighted by Gasteiger charge is 2.22. The van der Waals surface area contributed by atoms with Crippen LogP contribution in [-0.2, 0) is 4.79 Å². The van der Waals surface area contributed by atoms with Crippen molar-refractivity contribution in [3.05, 3.63) is 41.1 Å². The van der Waals surface area contributed by atoms with Gasteiger partial charge in [-0.05, 0) is 6.07 Å². The van der Waals surface area contributed by atoms with Crippen molar-refractivity contribution >= 4 is 29.2 Å². The van der Waals surface area contributed by atoms with Crippen LogP contribution in [0.15, 0.2) is 31.0 Å². The second-order valence-corrected chi connectivity index (χ2v) is 5.83. The maximum absolute atomic E-state index is 12.0. The van der Waals surface area contributed by atoms with Gasteiger partial charge in [0.2, 0.25) is 5.91 Å². The molecule has 1 aromatic rings. The van der Waals surface area contributed by atoms with Gasteiger partial charge in [0.05, 0.1) is 10.7 Å². The molecule has 22 heavy (non-hydrogen) atoms. The van der Waals surface area contributed by atoms with E-state index in [1.165, 1.54) is 12.3 Å². The summed E-state index contributed by atoms with van der Waals surface area (Å²) < 4.78 is 0. The molecule has 0 radical (unpaired) electrons. The van der Waals surface area contributed by atoms with Gasteiger partial charge in [-0.15, -0.1) is 18.3 Å². The second kappa shape index (κ2) is 7.79. The Morgan fingerprint density at radius 3 is 2.68 bits per heavy atom. The standard InChI is InChI=1S/C14H18N4O3S/c1-2-9-22-11-14(19)17-7-5-16(6-8-17)13-4-3-12(10-15-13)18(20)21/h2-4,10H,1,5-9,11H2. The Kier molecular flexibility index (Phi) is 5.76. The summed E-state index contributed by atoms with van der Waals surface area (Å²) in [6, 6.07) is 3.10. The first-order valence-electron chi connectivity index (χ1n) is 6.93. The molecule has 0 bridgehead atoms. The zero-order valence-corrected chi connectivity index (χ0v) is 13.0. The summed E-state index contributed by atoms with van der Waals surface area (Å²) in [7, 11) is 0. The van der Waals surface area contributed by atoms with Crippen LogP contribution in [0.5, 0.6) is 0 Å². The normalized spacial score (nSPS) is 14.7. The first kappa shape index (κ1) is 16.3. The average molecular weight is 322 g/mol. The van der Waals surface area contributed by atoms with Crippen LogP contribution in [0.3, 0.4) is 0 Å². The number of hydrogen-bond donors (Lipinski definition) is 0. The molecule has 0 saturated carbocycles. The Morgan fingerprint density at radius 1 is 1.41 bits per heavy atom. The number of anilines is 1. The minimum atomic E-state index is -0.464. The number of aromatic nitrogens is 1. The minimum absolute atomic E-state index is 0.0168. The van der Waals surface area contributed by atoms with Crippen molar-refractivity contribution in [3.8, 4) is 0 Å². The average Bonchev–Trinajstić information content (AvgIpc) is 2.55. The van der Waals surface area contributed by atoms with Crippen molar-refractivity contribution in [2.45, 2.75) is 0 Å². The molecule has 0 spiro atoms. The second-order valence-electron chi connectivity index (χ2n) is 4.80. The van der Waals surface area contributed by atoms with Crippen LogP contribution >= 0.6 is 11.8 Å². The number of nitrogens with zero attached hydrogens (tertiary/aromatic N) is 4. The summed E-state index contributed by atoms with van der Waals surface area (Å²) in [5.74, 6) is 2.10. The fourth-order valence-electron chi connectivity index (χ4n) is 2.18. The first-order chi connectivity index (χ1) is 10.6. The number of rotatable bonds is 6. The lowest BCUT2D eigenvalue weighted by Crippen LogP contribution is -2.49. The van der Waals surface area contributed by atoms with E-state index >= 15 is 0 Å². The van der Waals surface area contributed by atoms with Crippen LogP contribution < -0.4 is 4.90 Å². The third kappa shape index (κ3) is 4.20. The Bertz CT molecular complexity index is 542. The van der Waals surface area contributed by atoms with E-state index < -0.39 is 4.92 Å². The van der Waals surface area contributed by atoms with E-state index in [4.69, 9.17) is 0 Å². The van der Waals surface area contributed by atoms with Crippen LogP contribution in [0.1, 0.15) is 0 Å². The molecule has 2 heterocycles. The van der Waals surface area contributed by atoms with E-state index in [0.29, 0.717) is 37.7 Å². The largest absolute Gasteiger partial charge is 0.353 e. The number of amides is 1. The smallest absolute Gasteiger partial charge is 0.287 e. The number of thioether (sulfide) groups is 1. The van der Waals surface area contributed by atoms with Crippen LogP contribution in [0.2, 0.25) is 0 Å². The van der Waals surface area contributed by atoms with Gasteiger partial charge in [-0.3, -0.25) is 14.9 Å². The predicted molar refractivity (Wildman–Crippen MR) is 87.2 cm³/mol.